The zero-order chi connectivity index (χ0) is 14.3. The van der Waals surface area contributed by atoms with E-state index in [0.29, 0.717) is 10.9 Å². The van der Waals surface area contributed by atoms with Crippen LogP contribution in [0.25, 0.3) is 0 Å². The summed E-state index contributed by atoms with van der Waals surface area (Å²) >= 11 is 6.18. The van der Waals surface area contributed by atoms with Crippen LogP contribution in [0.2, 0.25) is 5.02 Å². The maximum Gasteiger partial charge on any atom is 0.124 e. The summed E-state index contributed by atoms with van der Waals surface area (Å²) in [5.74, 6) is 0.366. The van der Waals surface area contributed by atoms with E-state index in [0.717, 1.165) is 24.9 Å². The van der Waals surface area contributed by atoms with Crippen molar-refractivity contribution in [2.45, 2.75) is 52.5 Å². The van der Waals surface area contributed by atoms with Gasteiger partial charge in [-0.3, -0.25) is 0 Å². The zero-order valence-corrected chi connectivity index (χ0v) is 12.9. The highest BCUT2D eigenvalue weighted by Crippen LogP contribution is 2.29. The van der Waals surface area contributed by atoms with Gasteiger partial charge in [-0.1, -0.05) is 51.3 Å². The number of rotatable bonds is 8. The van der Waals surface area contributed by atoms with Crippen molar-refractivity contribution in [2.75, 3.05) is 6.54 Å². The lowest BCUT2D eigenvalue weighted by molar-refractivity contribution is 0.390. The highest BCUT2D eigenvalue weighted by atomic mass is 35.5. The lowest BCUT2D eigenvalue weighted by Crippen LogP contribution is -2.24. The Bertz CT molecular complexity index is 381. The van der Waals surface area contributed by atoms with Gasteiger partial charge >= 0.3 is 0 Å². The molecule has 108 valence electrons. The van der Waals surface area contributed by atoms with Crippen molar-refractivity contribution < 1.29 is 4.39 Å². The van der Waals surface area contributed by atoms with Crippen LogP contribution in [-0.2, 0) is 0 Å². The Morgan fingerprint density at radius 1 is 1.26 bits per heavy atom. The molecule has 19 heavy (non-hydrogen) atoms. The Morgan fingerprint density at radius 2 is 2.00 bits per heavy atom. The number of nitrogens with one attached hydrogen (secondary N) is 1. The van der Waals surface area contributed by atoms with E-state index in [1.165, 1.54) is 25.0 Å². The maximum absolute atomic E-state index is 13.1. The van der Waals surface area contributed by atoms with Gasteiger partial charge in [0.05, 0.1) is 0 Å². The van der Waals surface area contributed by atoms with E-state index >= 15 is 0 Å². The molecule has 0 heterocycles. The second-order valence-corrected chi connectivity index (χ2v) is 5.71. The lowest BCUT2D eigenvalue weighted by Gasteiger charge is -2.23. The summed E-state index contributed by atoms with van der Waals surface area (Å²) in [6.45, 7) is 7.57. The van der Waals surface area contributed by atoms with Crippen molar-refractivity contribution in [1.82, 2.24) is 5.32 Å². The number of hydrogen-bond donors (Lipinski definition) is 1. The molecule has 0 aliphatic carbocycles. The Hall–Kier alpha value is -0.600. The monoisotopic (exact) mass is 285 g/mol. The van der Waals surface area contributed by atoms with E-state index in [1.54, 1.807) is 0 Å². The van der Waals surface area contributed by atoms with Crippen LogP contribution in [0.3, 0.4) is 0 Å². The van der Waals surface area contributed by atoms with Crippen LogP contribution in [-0.4, -0.2) is 6.54 Å². The first-order valence-corrected chi connectivity index (χ1v) is 7.64. The molecule has 1 aromatic carbocycles. The first-order valence-electron chi connectivity index (χ1n) is 7.26. The van der Waals surface area contributed by atoms with Crippen molar-refractivity contribution in [1.29, 1.82) is 0 Å². The van der Waals surface area contributed by atoms with Crippen LogP contribution in [0.4, 0.5) is 4.39 Å². The van der Waals surface area contributed by atoms with E-state index in [-0.39, 0.29) is 11.9 Å². The number of halogens is 2. The van der Waals surface area contributed by atoms with Gasteiger partial charge in [0.2, 0.25) is 0 Å². The first-order chi connectivity index (χ1) is 9.08. The van der Waals surface area contributed by atoms with Crippen LogP contribution in [0.15, 0.2) is 18.2 Å². The van der Waals surface area contributed by atoms with Gasteiger partial charge in [-0.25, -0.2) is 4.39 Å². The SMILES string of the molecule is CCCNC(CC(C)CCC)c1ccc(F)cc1Cl. The summed E-state index contributed by atoms with van der Waals surface area (Å²) in [6, 6.07) is 4.92. The smallest absolute Gasteiger partial charge is 0.124 e. The highest BCUT2D eigenvalue weighted by Gasteiger charge is 2.17. The van der Waals surface area contributed by atoms with Gasteiger partial charge in [-0.05, 0) is 43.0 Å². The molecule has 0 spiro atoms. The molecule has 1 aromatic rings. The van der Waals surface area contributed by atoms with Crippen molar-refractivity contribution in [2.24, 2.45) is 5.92 Å². The highest BCUT2D eigenvalue weighted by molar-refractivity contribution is 6.31. The second kappa shape index (κ2) is 8.55. The van der Waals surface area contributed by atoms with Crippen LogP contribution in [0.1, 0.15) is 58.1 Å². The first kappa shape index (κ1) is 16.5. The Morgan fingerprint density at radius 3 is 2.58 bits per heavy atom. The van der Waals surface area contributed by atoms with Gasteiger partial charge in [0, 0.05) is 11.1 Å². The molecule has 0 saturated carbocycles. The molecule has 0 fully saturated rings. The third-order valence-electron chi connectivity index (χ3n) is 3.40. The average molecular weight is 286 g/mol. The van der Waals surface area contributed by atoms with Gasteiger partial charge < -0.3 is 5.32 Å². The van der Waals surface area contributed by atoms with Crippen LogP contribution >= 0.6 is 11.6 Å². The second-order valence-electron chi connectivity index (χ2n) is 5.30. The van der Waals surface area contributed by atoms with Crippen LogP contribution < -0.4 is 5.32 Å². The van der Waals surface area contributed by atoms with Crippen molar-refractivity contribution >= 4 is 11.6 Å². The Labute approximate surface area is 121 Å². The minimum Gasteiger partial charge on any atom is -0.310 e. The zero-order valence-electron chi connectivity index (χ0n) is 12.2. The van der Waals surface area contributed by atoms with Crippen LogP contribution in [0, 0.1) is 11.7 Å². The maximum atomic E-state index is 13.1. The van der Waals surface area contributed by atoms with Gasteiger partial charge in [0.25, 0.3) is 0 Å². The molecule has 0 aromatic heterocycles. The average Bonchev–Trinajstić information content (AvgIpc) is 2.35. The lowest BCUT2D eigenvalue weighted by atomic mass is 9.93. The standard InChI is InChI=1S/C16H25ClFN/c1-4-6-12(3)10-16(19-9-5-2)14-8-7-13(18)11-15(14)17/h7-8,11-12,16,19H,4-6,9-10H2,1-3H3. The van der Waals surface area contributed by atoms with E-state index in [2.05, 4.69) is 26.1 Å². The van der Waals surface area contributed by atoms with E-state index < -0.39 is 0 Å². The molecule has 0 bridgehead atoms. The molecule has 0 aliphatic heterocycles. The van der Waals surface area contributed by atoms with Gasteiger partial charge in [-0.2, -0.15) is 0 Å². The van der Waals surface area contributed by atoms with Gasteiger partial charge in [-0.15, -0.1) is 0 Å². The minimum absolute atomic E-state index is 0.217. The molecule has 2 unspecified atom stereocenters. The Balaban J connectivity index is 2.82. The predicted octanol–water partition coefficient (Wildman–Crippen LogP) is 5.35. The third kappa shape index (κ3) is 5.50. The molecule has 3 heteroatoms. The molecule has 0 aliphatic rings. The topological polar surface area (TPSA) is 12.0 Å². The fourth-order valence-corrected chi connectivity index (χ4v) is 2.73. The number of hydrogen-bond acceptors (Lipinski definition) is 1. The van der Waals surface area contributed by atoms with E-state index in [9.17, 15) is 4.39 Å². The number of benzene rings is 1. The molecule has 1 nitrogen and oxygen atoms in total. The summed E-state index contributed by atoms with van der Waals surface area (Å²) in [5.41, 5.74) is 1.01. The summed E-state index contributed by atoms with van der Waals surface area (Å²) < 4.78 is 13.1. The van der Waals surface area contributed by atoms with Crippen LogP contribution in [0.5, 0.6) is 0 Å². The van der Waals surface area contributed by atoms with E-state index in [4.69, 9.17) is 11.6 Å². The fourth-order valence-electron chi connectivity index (χ4n) is 2.44. The quantitative estimate of drug-likeness (QED) is 0.679. The molecule has 0 amide bonds. The molecular weight excluding hydrogens is 261 g/mol. The predicted molar refractivity (Wildman–Crippen MR) is 81.1 cm³/mol. The summed E-state index contributed by atoms with van der Waals surface area (Å²) in [5, 5.41) is 4.05. The molecule has 2 atom stereocenters. The van der Waals surface area contributed by atoms with Crippen molar-refractivity contribution in [3.8, 4) is 0 Å². The summed E-state index contributed by atoms with van der Waals surface area (Å²) in [7, 11) is 0. The fraction of sp³-hybridized carbons (Fsp3) is 0.625. The largest absolute Gasteiger partial charge is 0.310 e. The summed E-state index contributed by atoms with van der Waals surface area (Å²) in [6.07, 6.45) is 4.53. The van der Waals surface area contributed by atoms with E-state index in [1.807, 2.05) is 6.07 Å². The molecular formula is C16H25ClFN. The molecule has 1 N–H and O–H groups in total. The van der Waals surface area contributed by atoms with Crippen molar-refractivity contribution in [3.05, 3.63) is 34.6 Å². The minimum atomic E-state index is -0.274. The third-order valence-corrected chi connectivity index (χ3v) is 3.73. The molecule has 0 radical (unpaired) electrons. The normalized spacial score (nSPS) is 14.4. The van der Waals surface area contributed by atoms with Crippen molar-refractivity contribution in [3.63, 3.8) is 0 Å². The van der Waals surface area contributed by atoms with Gasteiger partial charge in [0.1, 0.15) is 5.82 Å². The van der Waals surface area contributed by atoms with Gasteiger partial charge in [0.15, 0.2) is 0 Å². The molecule has 0 saturated heterocycles. The summed E-state index contributed by atoms with van der Waals surface area (Å²) in [4.78, 5) is 0. The molecule has 1 rings (SSSR count). The Kier molecular flexibility index (Phi) is 7.40.